The maximum Gasteiger partial charge on any atom is 0.408 e. The zero-order valence-electron chi connectivity index (χ0n) is 19.3. The smallest absolute Gasteiger partial charge is 0.408 e. The van der Waals surface area contributed by atoms with Crippen LogP contribution in [0, 0.1) is 0 Å². The number of hydrogen-bond acceptors (Lipinski definition) is 4. The first-order valence-corrected chi connectivity index (χ1v) is 10.3. The lowest BCUT2D eigenvalue weighted by atomic mass is 10.1. The van der Waals surface area contributed by atoms with Crippen molar-refractivity contribution < 1.29 is 14.3 Å². The van der Waals surface area contributed by atoms with E-state index in [-0.39, 0.29) is 24.0 Å². The Morgan fingerprint density at radius 3 is 2.20 bits per heavy atom. The number of hydrogen-bond donors (Lipinski definition) is 4. The van der Waals surface area contributed by atoms with Gasteiger partial charge in [0.15, 0.2) is 5.96 Å². The van der Waals surface area contributed by atoms with Crippen molar-refractivity contribution in [2.24, 2.45) is 4.99 Å². The standard InChI is InChI=1S/C22H37N5O3/c1-8-23-19(25-15-18(28)27-21(2,3)4)24-14-17(16-12-10-9-11-13-16)26-20(29)30-22(5,6)7/h9-13,17H,8,14-15H2,1-7H3,(H,26,29)(H,27,28)(H2,23,24,25). The summed E-state index contributed by atoms with van der Waals surface area (Å²) < 4.78 is 5.39. The van der Waals surface area contributed by atoms with Crippen LogP contribution in [0.1, 0.15) is 60.1 Å². The van der Waals surface area contributed by atoms with E-state index in [9.17, 15) is 9.59 Å². The van der Waals surface area contributed by atoms with Gasteiger partial charge in [-0.05, 0) is 54.0 Å². The summed E-state index contributed by atoms with van der Waals surface area (Å²) in [4.78, 5) is 28.7. The summed E-state index contributed by atoms with van der Waals surface area (Å²) in [5.41, 5.74) is 0.0288. The first kappa shape index (κ1) is 25.3. The molecule has 2 amide bonds. The van der Waals surface area contributed by atoms with E-state index in [4.69, 9.17) is 4.74 Å². The molecule has 0 aliphatic carbocycles. The fraction of sp³-hybridized carbons (Fsp3) is 0.591. The predicted molar refractivity (Wildman–Crippen MR) is 120 cm³/mol. The normalized spacial score (nSPS) is 13.2. The van der Waals surface area contributed by atoms with Crippen LogP contribution in [0.2, 0.25) is 0 Å². The second-order valence-electron chi connectivity index (χ2n) is 8.98. The Labute approximate surface area is 180 Å². The number of amides is 2. The largest absolute Gasteiger partial charge is 0.444 e. The third-order valence-electron chi connectivity index (χ3n) is 3.61. The van der Waals surface area contributed by atoms with Gasteiger partial charge in [0.2, 0.25) is 5.91 Å². The molecule has 0 heterocycles. The molecule has 0 fully saturated rings. The van der Waals surface area contributed by atoms with Crippen LogP contribution < -0.4 is 21.3 Å². The maximum atomic E-state index is 12.3. The zero-order chi connectivity index (χ0) is 22.8. The number of guanidine groups is 1. The molecular weight excluding hydrogens is 382 g/mol. The number of nitrogens with zero attached hydrogens (tertiary/aromatic N) is 1. The summed E-state index contributed by atoms with van der Waals surface area (Å²) in [5.74, 6) is 0.333. The Balaban J connectivity index is 2.83. The highest BCUT2D eigenvalue weighted by Crippen LogP contribution is 2.14. The van der Waals surface area contributed by atoms with Gasteiger partial charge in [-0.25, -0.2) is 9.79 Å². The van der Waals surface area contributed by atoms with E-state index in [1.165, 1.54) is 0 Å². The van der Waals surface area contributed by atoms with Crippen molar-refractivity contribution in [3.05, 3.63) is 35.9 Å². The monoisotopic (exact) mass is 419 g/mol. The number of carbonyl (C=O) groups is 2. The number of carbonyl (C=O) groups excluding carboxylic acids is 2. The average molecular weight is 420 g/mol. The molecule has 168 valence electrons. The van der Waals surface area contributed by atoms with Crippen molar-refractivity contribution in [1.29, 1.82) is 0 Å². The Kier molecular flexibility index (Phi) is 9.62. The summed E-state index contributed by atoms with van der Waals surface area (Å²) in [5, 5.41) is 12.1. The lowest BCUT2D eigenvalue weighted by Gasteiger charge is -2.25. The molecule has 0 aliphatic heterocycles. The molecule has 8 heteroatoms. The molecule has 0 aromatic heterocycles. The second kappa shape index (κ2) is 11.4. The van der Waals surface area contributed by atoms with Gasteiger partial charge in [0, 0.05) is 18.6 Å². The zero-order valence-corrected chi connectivity index (χ0v) is 19.3. The second-order valence-corrected chi connectivity index (χ2v) is 8.98. The predicted octanol–water partition coefficient (Wildman–Crippen LogP) is 2.72. The number of nitrogens with one attached hydrogen (secondary N) is 4. The van der Waals surface area contributed by atoms with Gasteiger partial charge in [0.05, 0.1) is 6.04 Å². The summed E-state index contributed by atoms with van der Waals surface area (Å²) >= 11 is 0. The molecule has 0 bridgehead atoms. The number of aliphatic imine (C=N–C) groups is 1. The summed E-state index contributed by atoms with van der Waals surface area (Å²) in [6, 6.07) is 9.27. The number of benzene rings is 1. The van der Waals surface area contributed by atoms with E-state index in [1.807, 2.05) is 78.8 Å². The first-order valence-electron chi connectivity index (χ1n) is 10.3. The summed E-state index contributed by atoms with van der Waals surface area (Å²) in [6.45, 7) is 14.2. The average Bonchev–Trinajstić information content (AvgIpc) is 2.60. The van der Waals surface area contributed by atoms with Crippen LogP contribution in [0.25, 0.3) is 0 Å². The van der Waals surface area contributed by atoms with E-state index in [2.05, 4.69) is 26.3 Å². The van der Waals surface area contributed by atoms with Gasteiger partial charge in [-0.3, -0.25) is 4.79 Å². The van der Waals surface area contributed by atoms with Crippen molar-refractivity contribution in [1.82, 2.24) is 21.3 Å². The minimum atomic E-state index is -0.588. The van der Waals surface area contributed by atoms with Crippen LogP contribution in [0.4, 0.5) is 4.79 Å². The van der Waals surface area contributed by atoms with Gasteiger partial charge >= 0.3 is 6.09 Å². The minimum Gasteiger partial charge on any atom is -0.444 e. The van der Waals surface area contributed by atoms with Crippen molar-refractivity contribution >= 4 is 18.0 Å². The molecular formula is C22H37N5O3. The van der Waals surface area contributed by atoms with Crippen LogP contribution in [0.3, 0.4) is 0 Å². The molecule has 0 saturated carbocycles. The van der Waals surface area contributed by atoms with Gasteiger partial charge in [-0.15, -0.1) is 0 Å². The van der Waals surface area contributed by atoms with E-state index in [1.54, 1.807) is 0 Å². The van der Waals surface area contributed by atoms with Crippen LogP contribution in [-0.2, 0) is 9.53 Å². The fourth-order valence-electron chi connectivity index (χ4n) is 2.54. The van der Waals surface area contributed by atoms with Gasteiger partial charge in [0.1, 0.15) is 12.1 Å². The summed E-state index contributed by atoms with van der Waals surface area (Å²) in [6.07, 6.45) is -0.496. The SMILES string of the molecule is CCNC(=NCC(=O)NC(C)(C)C)NCC(NC(=O)OC(C)(C)C)c1ccccc1. The van der Waals surface area contributed by atoms with Crippen LogP contribution >= 0.6 is 0 Å². The fourth-order valence-corrected chi connectivity index (χ4v) is 2.54. The number of rotatable bonds is 7. The topological polar surface area (TPSA) is 104 Å². The lowest BCUT2D eigenvalue weighted by Crippen LogP contribution is -2.45. The maximum absolute atomic E-state index is 12.3. The molecule has 0 saturated heterocycles. The molecule has 1 unspecified atom stereocenters. The van der Waals surface area contributed by atoms with E-state index in [0.29, 0.717) is 19.0 Å². The van der Waals surface area contributed by atoms with Crippen molar-refractivity contribution in [2.75, 3.05) is 19.6 Å². The first-order chi connectivity index (χ1) is 13.9. The van der Waals surface area contributed by atoms with Crippen molar-refractivity contribution in [2.45, 2.75) is 65.6 Å². The Morgan fingerprint density at radius 2 is 1.67 bits per heavy atom. The Morgan fingerprint density at radius 1 is 1.03 bits per heavy atom. The molecule has 30 heavy (non-hydrogen) atoms. The minimum absolute atomic E-state index is 0.00208. The molecule has 1 aromatic carbocycles. The van der Waals surface area contributed by atoms with E-state index < -0.39 is 11.7 Å². The molecule has 1 atom stereocenters. The highest BCUT2D eigenvalue weighted by atomic mass is 16.6. The summed E-state index contributed by atoms with van der Waals surface area (Å²) in [7, 11) is 0. The van der Waals surface area contributed by atoms with Crippen molar-refractivity contribution in [3.63, 3.8) is 0 Å². The van der Waals surface area contributed by atoms with Gasteiger partial charge in [0.25, 0.3) is 0 Å². The number of ether oxygens (including phenoxy) is 1. The molecule has 1 aromatic rings. The van der Waals surface area contributed by atoms with Gasteiger partial charge in [-0.1, -0.05) is 30.3 Å². The van der Waals surface area contributed by atoms with Crippen LogP contribution in [-0.4, -0.2) is 48.7 Å². The van der Waals surface area contributed by atoms with E-state index >= 15 is 0 Å². The molecule has 0 aliphatic rings. The highest BCUT2D eigenvalue weighted by molar-refractivity contribution is 5.85. The van der Waals surface area contributed by atoms with Crippen molar-refractivity contribution in [3.8, 4) is 0 Å². The van der Waals surface area contributed by atoms with Gasteiger partial charge in [-0.2, -0.15) is 0 Å². The quantitative estimate of drug-likeness (QED) is 0.402. The third-order valence-corrected chi connectivity index (χ3v) is 3.61. The molecule has 4 N–H and O–H groups in total. The van der Waals surface area contributed by atoms with Gasteiger partial charge < -0.3 is 26.0 Å². The lowest BCUT2D eigenvalue weighted by molar-refractivity contribution is -0.121. The third kappa shape index (κ3) is 11.3. The molecule has 8 nitrogen and oxygen atoms in total. The highest BCUT2D eigenvalue weighted by Gasteiger charge is 2.21. The Hall–Kier alpha value is -2.77. The molecule has 1 rings (SSSR count). The number of alkyl carbamates (subject to hydrolysis) is 1. The molecule has 0 spiro atoms. The van der Waals surface area contributed by atoms with Crippen LogP contribution in [0.15, 0.2) is 35.3 Å². The Bertz CT molecular complexity index is 706. The molecule has 0 radical (unpaired) electrons. The van der Waals surface area contributed by atoms with E-state index in [0.717, 1.165) is 5.56 Å². The van der Waals surface area contributed by atoms with Crippen LogP contribution in [0.5, 0.6) is 0 Å².